The summed E-state index contributed by atoms with van der Waals surface area (Å²) in [5.41, 5.74) is 0. The lowest BCUT2D eigenvalue weighted by Crippen LogP contribution is -2.35. The molecule has 0 atom stereocenters. The lowest BCUT2D eigenvalue weighted by Gasteiger charge is -2.20. The summed E-state index contributed by atoms with van der Waals surface area (Å²) in [4.78, 5) is 2.60. The molecule has 0 aromatic heterocycles. The van der Waals surface area contributed by atoms with Crippen LogP contribution in [0.3, 0.4) is 0 Å². The van der Waals surface area contributed by atoms with Crippen molar-refractivity contribution in [3.05, 3.63) is 0 Å². The second kappa shape index (κ2) is 6.39. The Kier molecular flexibility index (Phi) is 5.40. The highest BCUT2D eigenvalue weighted by Crippen LogP contribution is 2.08. The summed E-state index contributed by atoms with van der Waals surface area (Å²) < 4.78 is 0. The molecular weight excluding hydrogens is 160 g/mol. The lowest BCUT2D eigenvalue weighted by molar-refractivity contribution is 0.281. The molecule has 13 heavy (non-hydrogen) atoms. The summed E-state index contributed by atoms with van der Waals surface area (Å²) in [6.45, 7) is 9.44. The molecule has 1 rings (SSSR count). The van der Waals surface area contributed by atoms with Crippen LogP contribution in [0, 0.1) is 0 Å². The molecule has 0 aromatic rings. The van der Waals surface area contributed by atoms with E-state index in [-0.39, 0.29) is 0 Å². The van der Waals surface area contributed by atoms with Crippen molar-refractivity contribution in [3.63, 3.8) is 0 Å². The average Bonchev–Trinajstić information content (AvgIpc) is 2.32. The highest BCUT2D eigenvalue weighted by Gasteiger charge is 2.07. The zero-order valence-corrected chi connectivity index (χ0v) is 9.18. The molecule has 2 heteroatoms. The molecule has 0 spiro atoms. The zero-order chi connectivity index (χ0) is 9.52. The van der Waals surface area contributed by atoms with Gasteiger partial charge in [-0.15, -0.1) is 0 Å². The molecule has 0 amide bonds. The van der Waals surface area contributed by atoms with E-state index in [4.69, 9.17) is 0 Å². The number of likely N-dealkylation sites (tertiary alicyclic amines) is 1. The van der Waals surface area contributed by atoms with Crippen LogP contribution in [0.25, 0.3) is 0 Å². The van der Waals surface area contributed by atoms with Crippen LogP contribution in [0.5, 0.6) is 0 Å². The van der Waals surface area contributed by atoms with Crippen LogP contribution < -0.4 is 5.32 Å². The maximum Gasteiger partial charge on any atom is 0.0107 e. The Morgan fingerprint density at radius 1 is 1.08 bits per heavy atom. The first-order chi connectivity index (χ1) is 6.29. The van der Waals surface area contributed by atoms with Gasteiger partial charge in [-0.2, -0.15) is 0 Å². The molecule has 2 nitrogen and oxygen atoms in total. The Morgan fingerprint density at radius 3 is 2.23 bits per heavy atom. The molecule has 0 saturated carbocycles. The van der Waals surface area contributed by atoms with Gasteiger partial charge in [0, 0.05) is 19.1 Å². The molecule has 0 aliphatic carbocycles. The van der Waals surface area contributed by atoms with E-state index in [9.17, 15) is 0 Å². The van der Waals surface area contributed by atoms with Crippen molar-refractivity contribution < 1.29 is 0 Å². The number of rotatable bonds is 4. The van der Waals surface area contributed by atoms with Crippen molar-refractivity contribution in [1.29, 1.82) is 0 Å². The van der Waals surface area contributed by atoms with Gasteiger partial charge in [0.2, 0.25) is 0 Å². The molecule has 78 valence electrons. The largest absolute Gasteiger partial charge is 0.313 e. The van der Waals surface area contributed by atoms with E-state index in [0.29, 0.717) is 6.04 Å². The zero-order valence-electron chi connectivity index (χ0n) is 9.18. The van der Waals surface area contributed by atoms with Crippen molar-refractivity contribution >= 4 is 0 Å². The second-order valence-corrected chi connectivity index (χ2v) is 4.36. The molecule has 1 aliphatic heterocycles. The van der Waals surface area contributed by atoms with Crippen LogP contribution in [0.1, 0.15) is 39.5 Å². The molecule has 1 fully saturated rings. The molecule has 0 aromatic carbocycles. The van der Waals surface area contributed by atoms with Crippen LogP contribution in [0.4, 0.5) is 0 Å². The highest BCUT2D eigenvalue weighted by atomic mass is 15.1. The maximum absolute atomic E-state index is 3.47. The Labute approximate surface area is 82.7 Å². The third kappa shape index (κ3) is 5.27. The van der Waals surface area contributed by atoms with E-state index in [0.717, 1.165) is 6.54 Å². The molecular formula is C11H24N2. The predicted molar refractivity (Wildman–Crippen MR) is 58.0 cm³/mol. The summed E-state index contributed by atoms with van der Waals surface area (Å²) >= 11 is 0. The molecule has 1 aliphatic rings. The average molecular weight is 184 g/mol. The number of nitrogens with one attached hydrogen (secondary N) is 1. The maximum atomic E-state index is 3.47. The third-order valence-electron chi connectivity index (χ3n) is 2.68. The molecule has 1 heterocycles. The summed E-state index contributed by atoms with van der Waals surface area (Å²) in [6, 6.07) is 0.631. The van der Waals surface area contributed by atoms with E-state index < -0.39 is 0 Å². The summed E-state index contributed by atoms with van der Waals surface area (Å²) in [5, 5.41) is 3.47. The second-order valence-electron chi connectivity index (χ2n) is 4.36. The minimum Gasteiger partial charge on any atom is -0.313 e. The molecule has 0 unspecified atom stereocenters. The molecule has 1 saturated heterocycles. The summed E-state index contributed by atoms with van der Waals surface area (Å²) in [6.07, 6.45) is 5.69. The first-order valence-electron chi connectivity index (χ1n) is 5.75. The van der Waals surface area contributed by atoms with Crippen LogP contribution in [-0.4, -0.2) is 37.1 Å². The van der Waals surface area contributed by atoms with E-state index in [1.807, 2.05) is 0 Å². The lowest BCUT2D eigenvalue weighted by atomic mass is 10.2. The van der Waals surface area contributed by atoms with Crippen LogP contribution in [0.15, 0.2) is 0 Å². The van der Waals surface area contributed by atoms with Gasteiger partial charge >= 0.3 is 0 Å². The number of hydrogen-bond donors (Lipinski definition) is 1. The first kappa shape index (κ1) is 11.0. The normalized spacial score (nSPS) is 20.5. The summed E-state index contributed by atoms with van der Waals surface area (Å²) in [5.74, 6) is 0. The van der Waals surface area contributed by atoms with Crippen molar-refractivity contribution in [1.82, 2.24) is 10.2 Å². The van der Waals surface area contributed by atoms with Gasteiger partial charge in [0.1, 0.15) is 0 Å². The molecule has 0 bridgehead atoms. The van der Waals surface area contributed by atoms with Crippen LogP contribution in [0.2, 0.25) is 0 Å². The summed E-state index contributed by atoms with van der Waals surface area (Å²) in [7, 11) is 0. The molecule has 1 N–H and O–H groups in total. The van der Waals surface area contributed by atoms with Gasteiger partial charge < -0.3 is 10.2 Å². The SMILES string of the molecule is CC(C)NCCN1CCCCCC1. The van der Waals surface area contributed by atoms with Gasteiger partial charge in [-0.25, -0.2) is 0 Å². The van der Waals surface area contributed by atoms with Gasteiger partial charge in [0.15, 0.2) is 0 Å². The molecule has 0 radical (unpaired) electrons. The van der Waals surface area contributed by atoms with Gasteiger partial charge in [-0.05, 0) is 25.9 Å². The fourth-order valence-electron chi connectivity index (χ4n) is 1.87. The van der Waals surface area contributed by atoms with Crippen molar-refractivity contribution in [2.45, 2.75) is 45.6 Å². The van der Waals surface area contributed by atoms with E-state index in [1.165, 1.54) is 45.3 Å². The van der Waals surface area contributed by atoms with E-state index in [2.05, 4.69) is 24.1 Å². The Morgan fingerprint density at radius 2 is 1.69 bits per heavy atom. The van der Waals surface area contributed by atoms with E-state index in [1.54, 1.807) is 0 Å². The first-order valence-corrected chi connectivity index (χ1v) is 5.75. The Balaban J connectivity index is 2.05. The number of hydrogen-bond acceptors (Lipinski definition) is 2. The van der Waals surface area contributed by atoms with Gasteiger partial charge in [-0.3, -0.25) is 0 Å². The smallest absolute Gasteiger partial charge is 0.0107 e. The van der Waals surface area contributed by atoms with Crippen molar-refractivity contribution in [2.24, 2.45) is 0 Å². The van der Waals surface area contributed by atoms with Gasteiger partial charge in [0.05, 0.1) is 0 Å². The van der Waals surface area contributed by atoms with Crippen LogP contribution >= 0.6 is 0 Å². The quantitative estimate of drug-likeness (QED) is 0.717. The van der Waals surface area contributed by atoms with Crippen LogP contribution in [-0.2, 0) is 0 Å². The standard InChI is InChI=1S/C11H24N2/c1-11(2)12-7-10-13-8-5-3-4-6-9-13/h11-12H,3-10H2,1-2H3. The van der Waals surface area contributed by atoms with Gasteiger partial charge in [-0.1, -0.05) is 26.7 Å². The fourth-order valence-corrected chi connectivity index (χ4v) is 1.87. The fraction of sp³-hybridized carbons (Fsp3) is 1.00. The Hall–Kier alpha value is -0.0800. The Bertz CT molecular complexity index is 115. The third-order valence-corrected chi connectivity index (χ3v) is 2.68. The van der Waals surface area contributed by atoms with E-state index >= 15 is 0 Å². The monoisotopic (exact) mass is 184 g/mol. The minimum atomic E-state index is 0.631. The topological polar surface area (TPSA) is 15.3 Å². The number of nitrogens with zero attached hydrogens (tertiary/aromatic N) is 1. The highest BCUT2D eigenvalue weighted by molar-refractivity contribution is 4.65. The van der Waals surface area contributed by atoms with Gasteiger partial charge in [0.25, 0.3) is 0 Å². The minimum absolute atomic E-state index is 0.631. The van der Waals surface area contributed by atoms with Crippen molar-refractivity contribution in [3.8, 4) is 0 Å². The predicted octanol–water partition coefficient (Wildman–Crippen LogP) is 1.86. The van der Waals surface area contributed by atoms with Crippen molar-refractivity contribution in [2.75, 3.05) is 26.2 Å².